The average molecular weight is 229 g/mol. The van der Waals surface area contributed by atoms with Crippen molar-refractivity contribution in [2.75, 3.05) is 19.7 Å². The maximum absolute atomic E-state index is 9.28. The van der Waals surface area contributed by atoms with Crippen LogP contribution in [0, 0.1) is 5.92 Å². The molecular formula is C11H23N3O2. The molecule has 16 heavy (non-hydrogen) atoms. The van der Waals surface area contributed by atoms with Gasteiger partial charge < -0.3 is 16.0 Å². The number of likely N-dealkylation sites (tertiary alicyclic amines) is 1. The molecule has 0 aromatic rings. The zero-order valence-electron chi connectivity index (χ0n) is 9.97. The van der Waals surface area contributed by atoms with E-state index in [1.54, 1.807) is 0 Å². The first-order valence-corrected chi connectivity index (χ1v) is 6.00. The Balaban J connectivity index is 2.18. The van der Waals surface area contributed by atoms with Gasteiger partial charge in [0.05, 0.1) is 6.61 Å². The van der Waals surface area contributed by atoms with Crippen molar-refractivity contribution in [3.63, 3.8) is 0 Å². The van der Waals surface area contributed by atoms with E-state index in [1.807, 2.05) is 0 Å². The van der Waals surface area contributed by atoms with Gasteiger partial charge in [-0.1, -0.05) is 12.1 Å². The van der Waals surface area contributed by atoms with E-state index in [0.29, 0.717) is 24.2 Å². The fraction of sp³-hybridized carbons (Fsp3) is 0.909. The smallest absolute Gasteiger partial charge is 0.139 e. The number of aliphatic hydroxyl groups is 1. The first kappa shape index (κ1) is 13.3. The summed E-state index contributed by atoms with van der Waals surface area (Å²) >= 11 is 0. The lowest BCUT2D eigenvalue weighted by Crippen LogP contribution is -2.35. The Labute approximate surface area is 96.9 Å². The monoisotopic (exact) mass is 229 g/mol. The molecular weight excluding hydrogens is 206 g/mol. The molecule has 1 aliphatic rings. The van der Waals surface area contributed by atoms with Gasteiger partial charge in [0.15, 0.2) is 0 Å². The zero-order chi connectivity index (χ0) is 12.0. The fourth-order valence-electron chi connectivity index (χ4n) is 2.33. The van der Waals surface area contributed by atoms with E-state index in [1.165, 1.54) is 6.42 Å². The molecule has 0 bridgehead atoms. The molecule has 94 valence electrons. The lowest BCUT2D eigenvalue weighted by molar-refractivity contribution is 0.138. The summed E-state index contributed by atoms with van der Waals surface area (Å²) in [5.41, 5.74) is 5.39. The van der Waals surface area contributed by atoms with Crippen molar-refractivity contribution in [3.05, 3.63) is 0 Å². The van der Waals surface area contributed by atoms with Crippen molar-refractivity contribution < 1.29 is 10.3 Å². The maximum Gasteiger partial charge on any atom is 0.139 e. The van der Waals surface area contributed by atoms with Crippen LogP contribution >= 0.6 is 0 Å². The van der Waals surface area contributed by atoms with Crippen molar-refractivity contribution in [2.24, 2.45) is 16.8 Å². The number of nitrogens with two attached hydrogens (primary N) is 1. The highest BCUT2D eigenvalue weighted by molar-refractivity contribution is 5.79. The minimum absolute atomic E-state index is 0.251. The Morgan fingerprint density at radius 2 is 2.25 bits per heavy atom. The maximum atomic E-state index is 9.28. The van der Waals surface area contributed by atoms with Crippen LogP contribution in [0.15, 0.2) is 5.16 Å². The molecule has 0 radical (unpaired) electrons. The third-order valence-corrected chi connectivity index (χ3v) is 3.44. The highest BCUT2D eigenvalue weighted by atomic mass is 16.4. The molecule has 0 aromatic heterocycles. The molecule has 1 aliphatic heterocycles. The van der Waals surface area contributed by atoms with Gasteiger partial charge in [-0.2, -0.15) is 0 Å². The Kier molecular flexibility index (Phi) is 5.55. The van der Waals surface area contributed by atoms with Crippen LogP contribution in [0.2, 0.25) is 0 Å². The van der Waals surface area contributed by atoms with Crippen LogP contribution in [0.1, 0.15) is 32.6 Å². The van der Waals surface area contributed by atoms with Crippen LogP contribution in [-0.2, 0) is 0 Å². The first-order chi connectivity index (χ1) is 7.69. The molecule has 1 rings (SSSR count). The predicted molar refractivity (Wildman–Crippen MR) is 63.5 cm³/mol. The van der Waals surface area contributed by atoms with Gasteiger partial charge in [0.2, 0.25) is 0 Å². The van der Waals surface area contributed by atoms with Crippen molar-refractivity contribution in [3.8, 4) is 0 Å². The molecule has 0 saturated carbocycles. The van der Waals surface area contributed by atoms with E-state index in [2.05, 4.69) is 17.0 Å². The van der Waals surface area contributed by atoms with Gasteiger partial charge in [0.25, 0.3) is 0 Å². The summed E-state index contributed by atoms with van der Waals surface area (Å²) < 4.78 is 0. The number of oxime groups is 1. The van der Waals surface area contributed by atoms with Crippen LogP contribution < -0.4 is 5.73 Å². The van der Waals surface area contributed by atoms with Gasteiger partial charge in [-0.3, -0.25) is 4.90 Å². The van der Waals surface area contributed by atoms with Gasteiger partial charge in [-0.25, -0.2) is 0 Å². The Morgan fingerprint density at radius 1 is 1.50 bits per heavy atom. The standard InChI is InChI=1S/C11H23N3O2/c1-9-5-7-14(10(9)8-15)6-3-2-4-11(12)13-16/h9-10,15-16H,2-8H2,1H3,(H2,12,13). The molecule has 5 nitrogen and oxygen atoms in total. The van der Waals surface area contributed by atoms with Gasteiger partial charge in [-0.15, -0.1) is 0 Å². The second kappa shape index (κ2) is 6.70. The number of hydrogen-bond donors (Lipinski definition) is 3. The minimum atomic E-state index is 0.251. The molecule has 0 aliphatic carbocycles. The van der Waals surface area contributed by atoms with Crippen LogP contribution in [0.5, 0.6) is 0 Å². The SMILES string of the molecule is CC1CCN(CCCCC(N)=NO)C1CO. The molecule has 4 N–H and O–H groups in total. The number of unbranched alkanes of at least 4 members (excludes halogenated alkanes) is 1. The van der Waals surface area contributed by atoms with Crippen LogP contribution in [0.4, 0.5) is 0 Å². The van der Waals surface area contributed by atoms with Crippen LogP contribution in [0.25, 0.3) is 0 Å². The quantitative estimate of drug-likeness (QED) is 0.205. The summed E-state index contributed by atoms with van der Waals surface area (Å²) in [5, 5.41) is 20.6. The molecule has 0 aromatic carbocycles. The molecule has 1 saturated heterocycles. The first-order valence-electron chi connectivity index (χ1n) is 6.00. The van der Waals surface area contributed by atoms with Crippen molar-refractivity contribution in [1.82, 2.24) is 4.90 Å². The van der Waals surface area contributed by atoms with Crippen molar-refractivity contribution in [2.45, 2.75) is 38.6 Å². The number of amidine groups is 1. The second-order valence-corrected chi connectivity index (χ2v) is 4.60. The highest BCUT2D eigenvalue weighted by Crippen LogP contribution is 2.23. The summed E-state index contributed by atoms with van der Waals surface area (Å²) in [5.74, 6) is 0.891. The minimum Gasteiger partial charge on any atom is -0.409 e. The molecule has 0 spiro atoms. The predicted octanol–water partition coefficient (Wildman–Crippen LogP) is 0.606. The number of hydrogen-bond acceptors (Lipinski definition) is 4. The Morgan fingerprint density at radius 3 is 2.88 bits per heavy atom. The van der Waals surface area contributed by atoms with E-state index < -0.39 is 0 Å². The lowest BCUT2D eigenvalue weighted by Gasteiger charge is -2.24. The molecule has 2 atom stereocenters. The topological polar surface area (TPSA) is 82.1 Å². The third-order valence-electron chi connectivity index (χ3n) is 3.44. The van der Waals surface area contributed by atoms with E-state index in [0.717, 1.165) is 25.9 Å². The van der Waals surface area contributed by atoms with Crippen LogP contribution in [0.3, 0.4) is 0 Å². The van der Waals surface area contributed by atoms with E-state index >= 15 is 0 Å². The Bertz CT molecular complexity index is 233. The molecule has 5 heteroatoms. The fourth-order valence-corrected chi connectivity index (χ4v) is 2.33. The zero-order valence-corrected chi connectivity index (χ0v) is 9.97. The Hall–Kier alpha value is -0.810. The summed E-state index contributed by atoms with van der Waals surface area (Å²) in [7, 11) is 0. The highest BCUT2D eigenvalue weighted by Gasteiger charge is 2.29. The average Bonchev–Trinajstić information content (AvgIpc) is 2.65. The number of aliphatic hydroxyl groups excluding tert-OH is 1. The van der Waals surface area contributed by atoms with Crippen LogP contribution in [-0.4, -0.2) is 46.8 Å². The summed E-state index contributed by atoms with van der Waals surface area (Å²) in [6, 6.07) is 0.323. The third kappa shape index (κ3) is 3.64. The summed E-state index contributed by atoms with van der Waals surface area (Å²) in [6.07, 6.45) is 3.77. The summed E-state index contributed by atoms with van der Waals surface area (Å²) in [6.45, 7) is 4.52. The molecule has 0 amide bonds. The van der Waals surface area contributed by atoms with E-state index in [4.69, 9.17) is 10.9 Å². The molecule has 2 unspecified atom stereocenters. The number of nitrogens with zero attached hydrogens (tertiary/aromatic N) is 2. The lowest BCUT2D eigenvalue weighted by atomic mass is 10.0. The van der Waals surface area contributed by atoms with E-state index in [-0.39, 0.29) is 6.61 Å². The van der Waals surface area contributed by atoms with Gasteiger partial charge in [0, 0.05) is 12.5 Å². The van der Waals surface area contributed by atoms with Crippen molar-refractivity contribution in [1.29, 1.82) is 0 Å². The van der Waals surface area contributed by atoms with Gasteiger partial charge in [0.1, 0.15) is 5.84 Å². The normalized spacial score (nSPS) is 27.5. The van der Waals surface area contributed by atoms with E-state index in [9.17, 15) is 5.11 Å². The van der Waals surface area contributed by atoms with Crippen molar-refractivity contribution >= 4 is 5.84 Å². The number of rotatable bonds is 6. The van der Waals surface area contributed by atoms with Gasteiger partial charge >= 0.3 is 0 Å². The summed E-state index contributed by atoms with van der Waals surface area (Å²) in [4.78, 5) is 2.34. The second-order valence-electron chi connectivity index (χ2n) is 4.60. The molecule has 1 fully saturated rings. The molecule has 1 heterocycles. The van der Waals surface area contributed by atoms with Gasteiger partial charge in [-0.05, 0) is 38.3 Å². The largest absolute Gasteiger partial charge is 0.409 e.